The molecule has 0 atom stereocenters. The molecule has 0 N–H and O–H groups in total. The third-order valence-electron chi connectivity index (χ3n) is 4.01. The van der Waals surface area contributed by atoms with Gasteiger partial charge in [0.05, 0.1) is 0 Å². The summed E-state index contributed by atoms with van der Waals surface area (Å²) in [6.45, 7) is 0.453. The van der Waals surface area contributed by atoms with Crippen molar-refractivity contribution in [2.24, 2.45) is 0 Å². The minimum Gasteiger partial charge on any atom is -0.489 e. The number of nitrogens with zero attached hydrogens (tertiary/aromatic N) is 1. The molecule has 0 saturated carbocycles. The zero-order valence-corrected chi connectivity index (χ0v) is 15.4. The van der Waals surface area contributed by atoms with Crippen LogP contribution in [0.5, 0.6) is 11.5 Å². The normalized spacial score (nSPS) is 10.7. The van der Waals surface area contributed by atoms with Crippen LogP contribution in [0.25, 0.3) is 6.08 Å². The predicted octanol–water partition coefficient (Wildman–Crippen LogP) is 4.59. The van der Waals surface area contributed by atoms with Crippen LogP contribution in [0.3, 0.4) is 0 Å². The summed E-state index contributed by atoms with van der Waals surface area (Å²) in [5.74, 6) is 0.171. The quantitative estimate of drug-likeness (QED) is 0.196. The standard InChI is InChI=1S/C24H17NO4/c25-15-21(24(27)29-23-12-8-19(16-26)9-13-23)14-18-6-10-22(11-7-18)28-17-20-4-2-1-3-5-20/h1-14,16H,17H2/b21-14+. The molecule has 0 heterocycles. The maximum Gasteiger partial charge on any atom is 0.354 e. The zero-order valence-electron chi connectivity index (χ0n) is 15.4. The SMILES string of the molecule is N#C/C(=C\c1ccc(OCc2ccccc2)cc1)C(=O)Oc1ccc(C=O)cc1. The predicted molar refractivity (Wildman–Crippen MR) is 108 cm³/mol. The lowest BCUT2D eigenvalue weighted by molar-refractivity contribution is -0.129. The maximum atomic E-state index is 12.2. The van der Waals surface area contributed by atoms with Gasteiger partial charge in [-0.15, -0.1) is 0 Å². The maximum absolute atomic E-state index is 12.2. The van der Waals surface area contributed by atoms with E-state index in [0.717, 1.165) is 5.56 Å². The number of nitriles is 1. The number of esters is 1. The van der Waals surface area contributed by atoms with Crippen molar-refractivity contribution in [1.29, 1.82) is 5.26 Å². The molecule has 29 heavy (non-hydrogen) atoms. The van der Waals surface area contributed by atoms with Gasteiger partial charge in [0, 0.05) is 5.56 Å². The van der Waals surface area contributed by atoms with Gasteiger partial charge in [0.2, 0.25) is 0 Å². The van der Waals surface area contributed by atoms with Gasteiger partial charge >= 0.3 is 5.97 Å². The number of hydrogen-bond donors (Lipinski definition) is 0. The summed E-state index contributed by atoms with van der Waals surface area (Å²) in [5.41, 5.74) is 2.06. The third-order valence-corrected chi connectivity index (χ3v) is 4.01. The molecule has 5 nitrogen and oxygen atoms in total. The molecule has 0 radical (unpaired) electrons. The molecule has 3 aromatic carbocycles. The van der Waals surface area contributed by atoms with E-state index in [-0.39, 0.29) is 11.3 Å². The topological polar surface area (TPSA) is 76.4 Å². The highest BCUT2D eigenvalue weighted by Crippen LogP contribution is 2.18. The monoisotopic (exact) mass is 383 g/mol. The number of carbonyl (C=O) groups excluding carboxylic acids is 2. The van der Waals surface area contributed by atoms with Gasteiger partial charge < -0.3 is 9.47 Å². The van der Waals surface area contributed by atoms with Gasteiger partial charge in [0.1, 0.15) is 36.0 Å². The van der Waals surface area contributed by atoms with Crippen LogP contribution in [0.4, 0.5) is 0 Å². The highest BCUT2D eigenvalue weighted by atomic mass is 16.5. The highest BCUT2D eigenvalue weighted by molar-refractivity contribution is 5.99. The number of aldehydes is 1. The first-order chi connectivity index (χ1) is 14.2. The summed E-state index contributed by atoms with van der Waals surface area (Å²) in [5, 5.41) is 9.29. The molecule has 0 bridgehead atoms. The second kappa shape index (κ2) is 9.67. The second-order valence-electron chi connectivity index (χ2n) is 6.09. The van der Waals surface area contributed by atoms with Crippen molar-refractivity contribution in [3.63, 3.8) is 0 Å². The van der Waals surface area contributed by atoms with Crippen LogP contribution >= 0.6 is 0 Å². The molecule has 3 aromatic rings. The van der Waals surface area contributed by atoms with Gasteiger partial charge in [0.25, 0.3) is 0 Å². The van der Waals surface area contributed by atoms with Crippen LogP contribution in [0.2, 0.25) is 0 Å². The molecule has 0 aliphatic carbocycles. The van der Waals surface area contributed by atoms with Crippen molar-refractivity contribution in [3.8, 4) is 17.6 Å². The van der Waals surface area contributed by atoms with Gasteiger partial charge in [-0.05, 0) is 53.6 Å². The molecular weight excluding hydrogens is 366 g/mol. The fraction of sp³-hybridized carbons (Fsp3) is 0.0417. The van der Waals surface area contributed by atoms with Crippen LogP contribution in [0, 0.1) is 11.3 Å². The van der Waals surface area contributed by atoms with E-state index in [1.807, 2.05) is 36.4 Å². The van der Waals surface area contributed by atoms with Crippen molar-refractivity contribution in [1.82, 2.24) is 0 Å². The minimum atomic E-state index is -0.768. The minimum absolute atomic E-state index is 0.137. The summed E-state index contributed by atoms with van der Waals surface area (Å²) < 4.78 is 10.9. The molecule has 5 heteroatoms. The molecule has 0 aromatic heterocycles. The number of hydrogen-bond acceptors (Lipinski definition) is 5. The molecule has 0 amide bonds. The Balaban J connectivity index is 1.64. The number of rotatable bonds is 7. The summed E-state index contributed by atoms with van der Waals surface area (Å²) in [4.78, 5) is 22.9. The average Bonchev–Trinajstić information content (AvgIpc) is 2.78. The Morgan fingerprint density at radius 3 is 2.10 bits per heavy atom. The first-order valence-electron chi connectivity index (χ1n) is 8.84. The Kier molecular flexibility index (Phi) is 6.53. The van der Waals surface area contributed by atoms with Gasteiger partial charge in [-0.2, -0.15) is 5.26 Å². The van der Waals surface area contributed by atoms with E-state index in [9.17, 15) is 14.9 Å². The van der Waals surface area contributed by atoms with Gasteiger partial charge in [-0.25, -0.2) is 4.79 Å². The Morgan fingerprint density at radius 1 is 0.862 bits per heavy atom. The Labute approximate surface area is 168 Å². The molecule has 0 saturated heterocycles. The van der Waals surface area contributed by atoms with E-state index in [0.29, 0.717) is 29.8 Å². The van der Waals surface area contributed by atoms with E-state index >= 15 is 0 Å². The van der Waals surface area contributed by atoms with Crippen molar-refractivity contribution in [3.05, 3.63) is 101 Å². The largest absolute Gasteiger partial charge is 0.489 e. The van der Waals surface area contributed by atoms with Gasteiger partial charge in [-0.3, -0.25) is 4.79 Å². The van der Waals surface area contributed by atoms with Crippen LogP contribution in [0.1, 0.15) is 21.5 Å². The molecule has 0 fully saturated rings. The summed E-state index contributed by atoms with van der Waals surface area (Å²) >= 11 is 0. The average molecular weight is 383 g/mol. The Hall–Kier alpha value is -4.17. The Bertz CT molecular complexity index is 1050. The molecule has 0 unspecified atom stereocenters. The number of carbonyl (C=O) groups is 2. The summed E-state index contributed by atoms with van der Waals surface area (Å²) in [7, 11) is 0. The van der Waals surface area contributed by atoms with Gasteiger partial charge in [0.15, 0.2) is 0 Å². The summed E-state index contributed by atoms with van der Waals surface area (Å²) in [6, 6.07) is 24.8. The second-order valence-corrected chi connectivity index (χ2v) is 6.09. The van der Waals surface area contributed by atoms with Crippen molar-refractivity contribution in [2.45, 2.75) is 6.61 Å². The number of benzene rings is 3. The lowest BCUT2D eigenvalue weighted by atomic mass is 10.1. The molecule has 3 rings (SSSR count). The molecule has 0 spiro atoms. The first-order valence-corrected chi connectivity index (χ1v) is 8.84. The third kappa shape index (κ3) is 5.65. The van der Waals surface area contributed by atoms with Gasteiger partial charge in [-0.1, -0.05) is 42.5 Å². The van der Waals surface area contributed by atoms with Crippen LogP contribution in [0.15, 0.2) is 84.4 Å². The van der Waals surface area contributed by atoms with E-state index in [4.69, 9.17) is 9.47 Å². The van der Waals surface area contributed by atoms with Crippen LogP contribution < -0.4 is 9.47 Å². The van der Waals surface area contributed by atoms with Crippen LogP contribution in [-0.4, -0.2) is 12.3 Å². The van der Waals surface area contributed by atoms with E-state index in [2.05, 4.69) is 0 Å². The van der Waals surface area contributed by atoms with Crippen molar-refractivity contribution < 1.29 is 19.1 Å². The molecule has 0 aliphatic rings. The lowest BCUT2D eigenvalue weighted by Gasteiger charge is -2.07. The van der Waals surface area contributed by atoms with Crippen LogP contribution in [-0.2, 0) is 11.4 Å². The fourth-order valence-corrected chi connectivity index (χ4v) is 2.48. The Morgan fingerprint density at radius 2 is 1.48 bits per heavy atom. The van der Waals surface area contributed by atoms with Crippen molar-refractivity contribution >= 4 is 18.3 Å². The fourth-order valence-electron chi connectivity index (χ4n) is 2.48. The van der Waals surface area contributed by atoms with E-state index in [1.165, 1.54) is 30.3 Å². The first kappa shape index (κ1) is 19.6. The smallest absolute Gasteiger partial charge is 0.354 e. The van der Waals surface area contributed by atoms with E-state index < -0.39 is 5.97 Å². The van der Waals surface area contributed by atoms with Crippen molar-refractivity contribution in [2.75, 3.05) is 0 Å². The highest BCUT2D eigenvalue weighted by Gasteiger charge is 2.12. The van der Waals surface area contributed by atoms with E-state index in [1.54, 1.807) is 24.3 Å². The summed E-state index contributed by atoms with van der Waals surface area (Å²) in [6.07, 6.45) is 2.14. The molecule has 142 valence electrons. The zero-order chi connectivity index (χ0) is 20.5. The number of ether oxygens (including phenoxy) is 2. The lowest BCUT2D eigenvalue weighted by Crippen LogP contribution is -2.10. The molecular formula is C24H17NO4. The molecule has 0 aliphatic heterocycles.